The Labute approximate surface area is 143 Å². The van der Waals surface area contributed by atoms with E-state index in [4.69, 9.17) is 5.11 Å². The van der Waals surface area contributed by atoms with E-state index in [0.29, 0.717) is 25.9 Å². The van der Waals surface area contributed by atoms with Crippen LogP contribution in [0.3, 0.4) is 0 Å². The van der Waals surface area contributed by atoms with Crippen molar-refractivity contribution in [2.45, 2.75) is 25.7 Å². The van der Waals surface area contributed by atoms with Crippen molar-refractivity contribution >= 4 is 39.4 Å². The number of hydrogen-bond donors (Lipinski definition) is 2. The van der Waals surface area contributed by atoms with E-state index in [1.165, 1.54) is 0 Å². The van der Waals surface area contributed by atoms with Gasteiger partial charge in [0, 0.05) is 36.1 Å². The van der Waals surface area contributed by atoms with Crippen LogP contribution in [0.1, 0.15) is 25.7 Å². The van der Waals surface area contributed by atoms with Crippen LogP contribution >= 0.6 is 15.9 Å². The number of benzene rings is 1. The first kappa shape index (κ1) is 17.5. The van der Waals surface area contributed by atoms with Crippen LogP contribution in [0.5, 0.6) is 0 Å². The van der Waals surface area contributed by atoms with Gasteiger partial charge in [-0.1, -0.05) is 22.0 Å². The maximum atomic E-state index is 12.1. The van der Waals surface area contributed by atoms with Crippen LogP contribution in [0.4, 0.5) is 5.69 Å². The van der Waals surface area contributed by atoms with Gasteiger partial charge in [-0.15, -0.1) is 0 Å². The normalized spacial score (nSPS) is 17.3. The van der Waals surface area contributed by atoms with Gasteiger partial charge in [0.1, 0.15) is 0 Å². The number of anilines is 1. The Morgan fingerprint density at radius 1 is 1.35 bits per heavy atom. The fourth-order valence-corrected chi connectivity index (χ4v) is 2.92. The Hall–Kier alpha value is -1.89. The summed E-state index contributed by atoms with van der Waals surface area (Å²) in [5.74, 6) is -1.40. The van der Waals surface area contributed by atoms with Crippen LogP contribution in [0, 0.1) is 5.92 Å². The van der Waals surface area contributed by atoms with E-state index in [1.807, 2.05) is 24.3 Å². The van der Waals surface area contributed by atoms with Gasteiger partial charge in [-0.2, -0.15) is 0 Å². The third-order valence-electron chi connectivity index (χ3n) is 3.73. The van der Waals surface area contributed by atoms with Gasteiger partial charge in [-0.25, -0.2) is 0 Å². The molecule has 2 amide bonds. The zero-order valence-electron chi connectivity index (χ0n) is 12.6. The lowest BCUT2D eigenvalue weighted by Gasteiger charge is -2.17. The molecule has 1 saturated heterocycles. The average molecular weight is 383 g/mol. The molecule has 7 heteroatoms. The summed E-state index contributed by atoms with van der Waals surface area (Å²) in [5.41, 5.74) is 0.779. The molecule has 0 radical (unpaired) electrons. The third-order valence-corrected chi connectivity index (χ3v) is 4.23. The molecule has 2 rings (SSSR count). The maximum Gasteiger partial charge on any atom is 0.303 e. The SMILES string of the molecule is O=C(O)CCCCNC(=O)C1CC(=O)N(c2cccc(Br)c2)C1. The van der Waals surface area contributed by atoms with Gasteiger partial charge in [-0.05, 0) is 31.0 Å². The number of nitrogens with zero attached hydrogens (tertiary/aromatic N) is 1. The number of rotatable bonds is 7. The molecule has 1 aliphatic heterocycles. The standard InChI is InChI=1S/C16H19BrN2O4/c17-12-4-3-5-13(9-12)19-10-11(8-14(19)20)16(23)18-7-2-1-6-15(21)22/h3-5,9,11H,1-2,6-8,10H2,(H,18,23)(H,21,22). The number of unbranched alkanes of at least 4 members (excludes halogenated alkanes) is 1. The smallest absolute Gasteiger partial charge is 0.303 e. The van der Waals surface area contributed by atoms with Gasteiger partial charge in [0.05, 0.1) is 5.92 Å². The number of carbonyl (C=O) groups excluding carboxylic acids is 2. The fourth-order valence-electron chi connectivity index (χ4n) is 2.53. The number of halogens is 1. The minimum absolute atomic E-state index is 0.0610. The molecule has 0 spiro atoms. The highest BCUT2D eigenvalue weighted by atomic mass is 79.9. The van der Waals surface area contributed by atoms with Crippen LogP contribution in [0.15, 0.2) is 28.7 Å². The summed E-state index contributed by atoms with van der Waals surface area (Å²) in [6, 6.07) is 7.42. The molecule has 1 heterocycles. The van der Waals surface area contributed by atoms with Crippen molar-refractivity contribution in [3.05, 3.63) is 28.7 Å². The molecule has 1 fully saturated rings. The molecule has 1 aromatic carbocycles. The molecule has 0 aromatic heterocycles. The highest BCUT2D eigenvalue weighted by molar-refractivity contribution is 9.10. The summed E-state index contributed by atoms with van der Waals surface area (Å²) in [6.45, 7) is 0.809. The Morgan fingerprint density at radius 2 is 2.13 bits per heavy atom. The molecule has 1 aliphatic rings. The minimum Gasteiger partial charge on any atom is -0.481 e. The predicted octanol–water partition coefficient (Wildman–Crippen LogP) is 2.17. The monoisotopic (exact) mass is 382 g/mol. The van der Waals surface area contributed by atoms with Gasteiger partial charge < -0.3 is 15.3 Å². The van der Waals surface area contributed by atoms with Crippen molar-refractivity contribution in [2.24, 2.45) is 5.92 Å². The molecule has 23 heavy (non-hydrogen) atoms. The topological polar surface area (TPSA) is 86.7 Å². The summed E-state index contributed by atoms with van der Waals surface area (Å²) in [6.07, 6.45) is 1.46. The van der Waals surface area contributed by atoms with Gasteiger partial charge in [0.25, 0.3) is 0 Å². The second-order valence-electron chi connectivity index (χ2n) is 5.53. The number of amides is 2. The zero-order chi connectivity index (χ0) is 16.8. The first-order valence-electron chi connectivity index (χ1n) is 7.53. The van der Waals surface area contributed by atoms with E-state index in [2.05, 4.69) is 21.2 Å². The average Bonchev–Trinajstić information content (AvgIpc) is 2.88. The van der Waals surface area contributed by atoms with Gasteiger partial charge in [0.2, 0.25) is 11.8 Å². The minimum atomic E-state index is -0.831. The zero-order valence-corrected chi connectivity index (χ0v) is 14.2. The molecule has 0 saturated carbocycles. The van der Waals surface area contributed by atoms with E-state index in [1.54, 1.807) is 4.90 Å². The molecule has 6 nitrogen and oxygen atoms in total. The molecule has 1 atom stereocenters. The van der Waals surface area contributed by atoms with Crippen molar-refractivity contribution in [2.75, 3.05) is 18.0 Å². The van der Waals surface area contributed by atoms with E-state index >= 15 is 0 Å². The van der Waals surface area contributed by atoms with Crippen LogP contribution in [-0.2, 0) is 14.4 Å². The van der Waals surface area contributed by atoms with Crippen LogP contribution in [-0.4, -0.2) is 36.0 Å². The molecule has 0 bridgehead atoms. The summed E-state index contributed by atoms with van der Waals surface area (Å²) in [5, 5.41) is 11.3. The Kier molecular flexibility index (Phi) is 6.15. The Bertz CT molecular complexity index is 605. The maximum absolute atomic E-state index is 12.1. The van der Waals surface area contributed by atoms with Crippen molar-refractivity contribution in [3.8, 4) is 0 Å². The van der Waals surface area contributed by atoms with E-state index < -0.39 is 5.97 Å². The van der Waals surface area contributed by atoms with Crippen LogP contribution in [0.25, 0.3) is 0 Å². The second-order valence-corrected chi connectivity index (χ2v) is 6.44. The van der Waals surface area contributed by atoms with E-state index in [9.17, 15) is 14.4 Å². The lowest BCUT2D eigenvalue weighted by atomic mass is 10.1. The van der Waals surface area contributed by atoms with Crippen LogP contribution in [0.2, 0.25) is 0 Å². The van der Waals surface area contributed by atoms with Gasteiger partial charge >= 0.3 is 5.97 Å². The molecule has 0 aliphatic carbocycles. The largest absolute Gasteiger partial charge is 0.481 e. The van der Waals surface area contributed by atoms with E-state index in [-0.39, 0.29) is 30.6 Å². The summed E-state index contributed by atoms with van der Waals surface area (Å²) in [7, 11) is 0. The molecular weight excluding hydrogens is 364 g/mol. The predicted molar refractivity (Wildman–Crippen MR) is 89.1 cm³/mol. The van der Waals surface area contributed by atoms with Crippen molar-refractivity contribution in [1.82, 2.24) is 5.32 Å². The van der Waals surface area contributed by atoms with Gasteiger partial charge in [0.15, 0.2) is 0 Å². The number of nitrogens with one attached hydrogen (secondary N) is 1. The van der Waals surface area contributed by atoms with Crippen molar-refractivity contribution in [1.29, 1.82) is 0 Å². The van der Waals surface area contributed by atoms with E-state index in [0.717, 1.165) is 10.2 Å². The molecule has 2 N–H and O–H groups in total. The number of carbonyl (C=O) groups is 3. The summed E-state index contributed by atoms with van der Waals surface area (Å²) < 4.78 is 0.883. The lowest BCUT2D eigenvalue weighted by molar-refractivity contribution is -0.137. The van der Waals surface area contributed by atoms with Crippen molar-refractivity contribution in [3.63, 3.8) is 0 Å². The number of hydrogen-bond acceptors (Lipinski definition) is 3. The molecule has 124 valence electrons. The first-order chi connectivity index (χ1) is 11.0. The quantitative estimate of drug-likeness (QED) is 0.707. The summed E-state index contributed by atoms with van der Waals surface area (Å²) in [4.78, 5) is 36.3. The van der Waals surface area contributed by atoms with Crippen molar-refractivity contribution < 1.29 is 19.5 Å². The number of carboxylic acid groups (broad SMARTS) is 1. The van der Waals surface area contributed by atoms with Crippen LogP contribution < -0.4 is 10.2 Å². The Morgan fingerprint density at radius 3 is 2.83 bits per heavy atom. The number of aliphatic carboxylic acids is 1. The second kappa shape index (κ2) is 8.10. The Balaban J connectivity index is 1.82. The number of carboxylic acids is 1. The fraction of sp³-hybridized carbons (Fsp3) is 0.438. The highest BCUT2D eigenvalue weighted by Crippen LogP contribution is 2.27. The molecular formula is C16H19BrN2O4. The highest BCUT2D eigenvalue weighted by Gasteiger charge is 2.34. The lowest BCUT2D eigenvalue weighted by Crippen LogP contribution is -2.33. The summed E-state index contributed by atoms with van der Waals surface area (Å²) >= 11 is 3.37. The first-order valence-corrected chi connectivity index (χ1v) is 8.32. The molecule has 1 unspecified atom stereocenters. The third kappa shape index (κ3) is 5.06. The molecule has 1 aromatic rings. The van der Waals surface area contributed by atoms with Gasteiger partial charge in [-0.3, -0.25) is 14.4 Å².